The largest absolute Gasteiger partial charge is 0.447 e. The number of nitrogens with zero attached hydrogens (tertiary/aromatic N) is 2. The van der Waals surface area contributed by atoms with Crippen LogP contribution in [-0.4, -0.2) is 28.7 Å². The van der Waals surface area contributed by atoms with Gasteiger partial charge in [-0.15, -0.1) is 0 Å². The minimum atomic E-state index is -4.46. The number of benzene rings is 2. The average molecular weight is 411 g/mol. The van der Waals surface area contributed by atoms with Crippen molar-refractivity contribution in [1.29, 1.82) is 0 Å². The van der Waals surface area contributed by atoms with Crippen LogP contribution in [0.5, 0.6) is 0 Å². The van der Waals surface area contributed by atoms with Gasteiger partial charge in [-0.05, 0) is 35.9 Å². The van der Waals surface area contributed by atoms with E-state index >= 15 is 0 Å². The summed E-state index contributed by atoms with van der Waals surface area (Å²) in [5.41, 5.74) is -0.0142. The lowest BCUT2D eigenvalue weighted by molar-refractivity contribution is -0.137. The molecule has 154 valence electrons. The second-order valence-corrected chi connectivity index (χ2v) is 6.27. The zero-order valence-electron chi connectivity index (χ0n) is 15.3. The van der Waals surface area contributed by atoms with Crippen molar-refractivity contribution >= 4 is 22.7 Å². The lowest BCUT2D eigenvalue weighted by Crippen LogP contribution is -2.20. The van der Waals surface area contributed by atoms with Crippen molar-refractivity contribution in [1.82, 2.24) is 9.36 Å². The monoisotopic (exact) mass is 411 g/mol. The predicted molar refractivity (Wildman–Crippen MR) is 98.7 cm³/mol. The molecule has 1 aromatic heterocycles. The Labute approximate surface area is 162 Å². The third kappa shape index (κ3) is 4.41. The zero-order chi connectivity index (χ0) is 21.2. The number of hydrogen-bond donors (Lipinski definition) is 1. The van der Waals surface area contributed by atoms with Crippen LogP contribution < -0.4 is 10.9 Å². The van der Waals surface area contributed by atoms with Crippen LogP contribution in [0, 0.1) is 0 Å². The summed E-state index contributed by atoms with van der Waals surface area (Å²) in [6.45, 7) is -1.15. The molecule has 0 radical (unpaired) electrons. The third-order valence-corrected chi connectivity index (χ3v) is 4.30. The van der Waals surface area contributed by atoms with Gasteiger partial charge < -0.3 is 4.74 Å². The van der Waals surface area contributed by atoms with Crippen LogP contribution in [0.3, 0.4) is 0 Å². The molecule has 0 aliphatic rings. The predicted octanol–water partition coefficient (Wildman–Crippen LogP) is 3.93. The van der Waals surface area contributed by atoms with Crippen LogP contribution >= 0.6 is 0 Å². The Kier molecular flexibility index (Phi) is 5.62. The number of halogens is 4. The van der Waals surface area contributed by atoms with E-state index in [0.717, 1.165) is 12.1 Å². The average Bonchev–Trinajstić information content (AvgIpc) is 2.90. The molecule has 0 bridgehead atoms. The summed E-state index contributed by atoms with van der Waals surface area (Å²) in [6, 6.07) is 9.38. The maximum Gasteiger partial charge on any atom is 0.416 e. The maximum absolute atomic E-state index is 12.9. The molecule has 0 aliphatic heterocycles. The number of anilines is 1. The molecule has 0 aliphatic carbocycles. The molecule has 10 heteroatoms. The van der Waals surface area contributed by atoms with Crippen LogP contribution in [-0.2, 0) is 24.5 Å². The molecular formula is C19H17F4N3O3. The van der Waals surface area contributed by atoms with E-state index in [2.05, 4.69) is 10.1 Å². The first-order valence-corrected chi connectivity index (χ1v) is 8.56. The Balaban J connectivity index is 1.93. The van der Waals surface area contributed by atoms with Gasteiger partial charge in [0.05, 0.1) is 23.0 Å². The first kappa shape index (κ1) is 20.4. The lowest BCUT2D eigenvalue weighted by Gasteiger charge is -2.12. The summed E-state index contributed by atoms with van der Waals surface area (Å²) in [5.74, 6) is 0. The van der Waals surface area contributed by atoms with Crippen molar-refractivity contribution in [2.75, 3.05) is 18.6 Å². The number of fused-ring (bicyclic) bond motifs is 1. The summed E-state index contributed by atoms with van der Waals surface area (Å²) in [6.07, 6.45) is -5.32. The van der Waals surface area contributed by atoms with E-state index in [1.807, 2.05) is 0 Å². The standard InChI is InChI=1S/C19H17F4N3O3/c1-25-17(27)15-10-14(24-18(28)29-8-7-20)5-6-16(15)26(25)11-12-3-2-4-13(9-12)19(21,22)23/h2-6,9-10H,7-8,11H2,1H3,(H,24,28). The number of ether oxygens (including phenoxy) is 1. The first-order chi connectivity index (χ1) is 13.7. The molecule has 0 saturated carbocycles. The number of alkyl halides is 4. The highest BCUT2D eigenvalue weighted by atomic mass is 19.4. The number of aromatic nitrogens is 2. The molecule has 0 spiro atoms. The van der Waals surface area contributed by atoms with E-state index in [4.69, 9.17) is 0 Å². The second-order valence-electron chi connectivity index (χ2n) is 6.27. The topological polar surface area (TPSA) is 65.3 Å². The Morgan fingerprint density at radius 1 is 1.17 bits per heavy atom. The Bertz CT molecular complexity index is 1100. The van der Waals surface area contributed by atoms with Crippen LogP contribution in [0.15, 0.2) is 47.3 Å². The van der Waals surface area contributed by atoms with E-state index < -0.39 is 24.5 Å². The molecule has 2 aromatic carbocycles. The van der Waals surface area contributed by atoms with E-state index in [-0.39, 0.29) is 29.8 Å². The second kappa shape index (κ2) is 7.98. The van der Waals surface area contributed by atoms with Gasteiger partial charge in [-0.3, -0.25) is 19.5 Å². The minimum absolute atomic E-state index is 0.0461. The molecular weight excluding hydrogens is 394 g/mol. The molecule has 3 aromatic rings. The zero-order valence-corrected chi connectivity index (χ0v) is 15.3. The molecule has 1 heterocycles. The molecule has 6 nitrogen and oxygen atoms in total. The van der Waals surface area contributed by atoms with Crippen molar-refractivity contribution in [3.05, 3.63) is 63.9 Å². The number of rotatable bonds is 5. The van der Waals surface area contributed by atoms with Gasteiger partial charge in [-0.1, -0.05) is 12.1 Å². The van der Waals surface area contributed by atoms with Gasteiger partial charge in [-0.2, -0.15) is 13.2 Å². The molecule has 0 atom stereocenters. The highest BCUT2D eigenvalue weighted by molar-refractivity contribution is 5.89. The molecule has 0 unspecified atom stereocenters. The van der Waals surface area contributed by atoms with Gasteiger partial charge in [0.2, 0.25) is 0 Å². The first-order valence-electron chi connectivity index (χ1n) is 8.56. The van der Waals surface area contributed by atoms with E-state index in [9.17, 15) is 27.2 Å². The molecule has 3 rings (SSSR count). The summed E-state index contributed by atoms with van der Waals surface area (Å²) in [5, 5.41) is 2.65. The Hall–Kier alpha value is -3.30. The van der Waals surface area contributed by atoms with Gasteiger partial charge in [-0.25, -0.2) is 9.18 Å². The van der Waals surface area contributed by atoms with Gasteiger partial charge in [0, 0.05) is 12.7 Å². The fourth-order valence-corrected chi connectivity index (χ4v) is 2.95. The number of nitrogens with one attached hydrogen (secondary N) is 1. The molecule has 1 amide bonds. The van der Waals surface area contributed by atoms with Crippen LogP contribution in [0.2, 0.25) is 0 Å². The van der Waals surface area contributed by atoms with E-state index in [1.165, 1.54) is 29.9 Å². The van der Waals surface area contributed by atoms with Crippen LogP contribution in [0.1, 0.15) is 11.1 Å². The quantitative estimate of drug-likeness (QED) is 0.647. The number of carbonyl (C=O) groups excluding carboxylic acids is 1. The van der Waals surface area contributed by atoms with Crippen molar-refractivity contribution in [3.63, 3.8) is 0 Å². The van der Waals surface area contributed by atoms with Crippen molar-refractivity contribution < 1.29 is 27.1 Å². The van der Waals surface area contributed by atoms with Gasteiger partial charge in [0.25, 0.3) is 5.56 Å². The van der Waals surface area contributed by atoms with Gasteiger partial charge in [0.1, 0.15) is 13.3 Å². The number of carbonyl (C=O) groups is 1. The smallest absolute Gasteiger partial charge is 0.416 e. The summed E-state index contributed by atoms with van der Waals surface area (Å²) in [4.78, 5) is 24.1. The van der Waals surface area contributed by atoms with Crippen molar-refractivity contribution in [3.8, 4) is 0 Å². The number of hydrogen-bond acceptors (Lipinski definition) is 3. The number of amides is 1. The molecule has 0 fully saturated rings. The minimum Gasteiger partial charge on any atom is -0.447 e. The molecule has 0 saturated heterocycles. The summed E-state index contributed by atoms with van der Waals surface area (Å²) >= 11 is 0. The van der Waals surface area contributed by atoms with E-state index in [0.29, 0.717) is 11.1 Å². The molecule has 29 heavy (non-hydrogen) atoms. The van der Waals surface area contributed by atoms with Crippen molar-refractivity contribution in [2.24, 2.45) is 7.05 Å². The maximum atomic E-state index is 12.9. The Morgan fingerprint density at radius 3 is 2.62 bits per heavy atom. The highest BCUT2D eigenvalue weighted by Gasteiger charge is 2.30. The third-order valence-electron chi connectivity index (χ3n) is 4.30. The SMILES string of the molecule is Cn1c(=O)c2cc(NC(=O)OCCF)ccc2n1Cc1cccc(C(F)(F)F)c1. The normalized spacial score (nSPS) is 11.6. The van der Waals surface area contributed by atoms with E-state index in [1.54, 1.807) is 16.8 Å². The lowest BCUT2D eigenvalue weighted by atomic mass is 10.1. The molecule has 1 N–H and O–H groups in total. The van der Waals surface area contributed by atoms with Gasteiger partial charge >= 0.3 is 12.3 Å². The highest BCUT2D eigenvalue weighted by Crippen LogP contribution is 2.30. The van der Waals surface area contributed by atoms with Crippen LogP contribution in [0.25, 0.3) is 10.9 Å². The van der Waals surface area contributed by atoms with Crippen LogP contribution in [0.4, 0.5) is 28.0 Å². The fraction of sp³-hybridized carbons (Fsp3) is 0.263. The van der Waals surface area contributed by atoms with Gasteiger partial charge in [0.15, 0.2) is 0 Å². The fourth-order valence-electron chi connectivity index (χ4n) is 2.95. The summed E-state index contributed by atoms with van der Waals surface area (Å²) in [7, 11) is 1.50. The Morgan fingerprint density at radius 2 is 1.93 bits per heavy atom. The summed E-state index contributed by atoms with van der Waals surface area (Å²) < 4.78 is 58.3. The van der Waals surface area contributed by atoms with Crippen molar-refractivity contribution in [2.45, 2.75) is 12.7 Å².